The van der Waals surface area contributed by atoms with E-state index in [0.29, 0.717) is 24.2 Å². The monoisotopic (exact) mass is 441 g/mol. The zero-order valence-electron chi connectivity index (χ0n) is 17.6. The summed E-state index contributed by atoms with van der Waals surface area (Å²) in [6.07, 6.45) is 6.21. The highest BCUT2D eigenvalue weighted by Gasteiger charge is 2.62. The van der Waals surface area contributed by atoms with Gasteiger partial charge in [0.15, 0.2) is 11.6 Å². The summed E-state index contributed by atoms with van der Waals surface area (Å²) in [5, 5.41) is 0. The molecular formula is C25H17F2N5O. The molecular weight excluding hydrogens is 424 g/mol. The number of benzene rings is 2. The molecule has 8 heteroatoms. The van der Waals surface area contributed by atoms with E-state index in [1.54, 1.807) is 21.7 Å². The number of hydrogen-bond donors (Lipinski definition) is 0. The summed E-state index contributed by atoms with van der Waals surface area (Å²) < 4.78 is 34.0. The molecule has 1 aliphatic heterocycles. The number of nitrogens with zero attached hydrogens (tertiary/aromatic N) is 5. The van der Waals surface area contributed by atoms with Gasteiger partial charge in [-0.1, -0.05) is 30.0 Å². The first-order valence-corrected chi connectivity index (χ1v) is 10.5. The fraction of sp³-hybridized carbons (Fsp3) is 0.160. The van der Waals surface area contributed by atoms with Crippen molar-refractivity contribution in [1.82, 2.24) is 19.1 Å². The smallest absolute Gasteiger partial charge is 0.260 e. The first-order chi connectivity index (χ1) is 16.0. The molecule has 1 saturated carbocycles. The molecule has 1 fully saturated rings. The Hall–Kier alpha value is -4.25. The lowest BCUT2D eigenvalue weighted by Gasteiger charge is -2.17. The molecule has 0 radical (unpaired) electrons. The van der Waals surface area contributed by atoms with Gasteiger partial charge in [0.1, 0.15) is 16.9 Å². The molecule has 0 saturated heterocycles. The van der Waals surface area contributed by atoms with Gasteiger partial charge in [-0.2, -0.15) is 0 Å². The fourth-order valence-corrected chi connectivity index (χ4v) is 4.32. The molecule has 4 aromatic rings. The number of rotatable bonds is 2. The molecule has 162 valence electrons. The van der Waals surface area contributed by atoms with Crippen LogP contribution in [-0.4, -0.2) is 25.0 Å². The normalized spacial score (nSPS) is 15.5. The second kappa shape index (κ2) is 6.87. The van der Waals surface area contributed by atoms with Crippen LogP contribution in [0, 0.1) is 23.5 Å². The fourth-order valence-electron chi connectivity index (χ4n) is 4.32. The Morgan fingerprint density at radius 3 is 2.33 bits per heavy atom. The predicted molar refractivity (Wildman–Crippen MR) is 118 cm³/mol. The molecule has 0 atom stereocenters. The number of carbonyl (C=O) groups is 1. The Kier molecular flexibility index (Phi) is 4.05. The minimum Gasteiger partial charge on any atom is -0.340 e. The van der Waals surface area contributed by atoms with Crippen LogP contribution in [0.2, 0.25) is 0 Å². The Morgan fingerprint density at radius 1 is 1.00 bits per heavy atom. The van der Waals surface area contributed by atoms with Crippen LogP contribution in [0.4, 0.5) is 20.4 Å². The number of anilines is 2. The number of fused-ring (bicyclic) bond motifs is 2. The van der Waals surface area contributed by atoms with E-state index < -0.39 is 22.9 Å². The van der Waals surface area contributed by atoms with Crippen molar-refractivity contribution in [3.8, 4) is 23.2 Å². The summed E-state index contributed by atoms with van der Waals surface area (Å²) in [7, 11) is 1.84. The molecule has 6 rings (SSSR count). The molecule has 0 unspecified atom stereocenters. The van der Waals surface area contributed by atoms with Crippen molar-refractivity contribution >= 4 is 17.5 Å². The molecule has 33 heavy (non-hydrogen) atoms. The third-order valence-electron chi connectivity index (χ3n) is 6.03. The first-order valence-electron chi connectivity index (χ1n) is 10.5. The lowest BCUT2D eigenvalue weighted by Crippen LogP contribution is -2.31. The number of carbonyl (C=O) groups excluding carboxylic acids is 1. The van der Waals surface area contributed by atoms with Gasteiger partial charge in [-0.05, 0) is 37.1 Å². The molecule has 3 heterocycles. The Morgan fingerprint density at radius 2 is 1.70 bits per heavy atom. The van der Waals surface area contributed by atoms with Gasteiger partial charge in [-0.3, -0.25) is 9.36 Å². The lowest BCUT2D eigenvalue weighted by molar-refractivity contribution is -0.120. The number of imidazole rings is 2. The largest absolute Gasteiger partial charge is 0.340 e. The topological polar surface area (TPSA) is 56.0 Å². The third-order valence-corrected chi connectivity index (χ3v) is 6.03. The second-order valence-corrected chi connectivity index (χ2v) is 8.28. The highest BCUT2D eigenvalue weighted by molar-refractivity contribution is 6.09. The van der Waals surface area contributed by atoms with E-state index in [1.807, 2.05) is 43.6 Å². The molecule has 2 aromatic heterocycles. The summed E-state index contributed by atoms with van der Waals surface area (Å²) in [6, 6.07) is 11.4. The third kappa shape index (κ3) is 2.89. The quantitative estimate of drug-likeness (QED) is 0.440. The Balaban J connectivity index is 1.43. The summed E-state index contributed by atoms with van der Waals surface area (Å²) in [5.74, 6) is 3.74. The molecule has 1 spiro atoms. The molecule has 6 nitrogen and oxygen atoms in total. The number of halogens is 2. The highest BCUT2D eigenvalue weighted by atomic mass is 19.1. The molecule has 2 aromatic carbocycles. The first kappa shape index (κ1) is 19.4. The SMILES string of the molecule is Cn1cnc(-c2cnc3n2C2(CC2)C(=O)N3c2c(F)cc(C#Cc3ccccc3)cc2F)c1. The number of amides is 1. The second-order valence-electron chi connectivity index (χ2n) is 8.28. The van der Waals surface area contributed by atoms with Crippen LogP contribution in [0.1, 0.15) is 24.0 Å². The average molecular weight is 441 g/mol. The van der Waals surface area contributed by atoms with E-state index in [2.05, 4.69) is 21.8 Å². The van der Waals surface area contributed by atoms with Crippen molar-refractivity contribution in [2.45, 2.75) is 18.4 Å². The van der Waals surface area contributed by atoms with Gasteiger partial charge in [0.25, 0.3) is 5.91 Å². The zero-order chi connectivity index (χ0) is 22.7. The van der Waals surface area contributed by atoms with E-state index in [-0.39, 0.29) is 17.4 Å². The maximum absolute atomic E-state index is 15.2. The van der Waals surface area contributed by atoms with Gasteiger partial charge >= 0.3 is 0 Å². The van der Waals surface area contributed by atoms with Gasteiger partial charge in [0, 0.05) is 24.4 Å². The van der Waals surface area contributed by atoms with E-state index in [4.69, 9.17) is 0 Å². The molecule has 1 amide bonds. The number of aromatic nitrogens is 4. The Labute approximate surface area is 188 Å². The van der Waals surface area contributed by atoms with Crippen molar-refractivity contribution in [3.63, 3.8) is 0 Å². The maximum Gasteiger partial charge on any atom is 0.260 e. The maximum atomic E-state index is 15.2. The average Bonchev–Trinajstić information content (AvgIpc) is 3.20. The van der Waals surface area contributed by atoms with Crippen LogP contribution in [0.3, 0.4) is 0 Å². The van der Waals surface area contributed by atoms with Gasteiger partial charge in [0.2, 0.25) is 5.95 Å². The van der Waals surface area contributed by atoms with Gasteiger partial charge < -0.3 is 4.57 Å². The van der Waals surface area contributed by atoms with E-state index in [1.165, 1.54) is 0 Å². The molecule has 0 bridgehead atoms. The highest BCUT2D eigenvalue weighted by Crippen LogP contribution is 2.56. The summed E-state index contributed by atoms with van der Waals surface area (Å²) in [6.45, 7) is 0. The van der Waals surface area contributed by atoms with Crippen LogP contribution in [0.5, 0.6) is 0 Å². The molecule has 0 N–H and O–H groups in total. The van der Waals surface area contributed by atoms with Crippen LogP contribution < -0.4 is 4.90 Å². The molecule has 1 aliphatic carbocycles. The number of aryl methyl sites for hydroxylation is 1. The van der Waals surface area contributed by atoms with Gasteiger partial charge in [-0.15, -0.1) is 0 Å². The minimum atomic E-state index is -0.872. The minimum absolute atomic E-state index is 0.183. The van der Waals surface area contributed by atoms with E-state index >= 15 is 8.78 Å². The van der Waals surface area contributed by atoms with Crippen LogP contribution in [0.25, 0.3) is 11.4 Å². The summed E-state index contributed by atoms with van der Waals surface area (Å²) >= 11 is 0. The van der Waals surface area contributed by atoms with Crippen molar-refractivity contribution in [3.05, 3.63) is 83.9 Å². The molecule has 2 aliphatic rings. The lowest BCUT2D eigenvalue weighted by atomic mass is 10.1. The van der Waals surface area contributed by atoms with Crippen LogP contribution in [0.15, 0.2) is 61.2 Å². The van der Waals surface area contributed by atoms with Crippen LogP contribution >= 0.6 is 0 Å². The van der Waals surface area contributed by atoms with E-state index in [0.717, 1.165) is 22.6 Å². The summed E-state index contributed by atoms with van der Waals surface area (Å²) in [4.78, 5) is 23.1. The zero-order valence-corrected chi connectivity index (χ0v) is 17.6. The Bertz CT molecular complexity index is 1460. The predicted octanol–water partition coefficient (Wildman–Crippen LogP) is 4.13. The standard InChI is InChI=1S/C25H17F2N5O/c1-30-14-20(29-15-30)21-13-28-24-31(23(33)25(9-10-25)32(21)24)22-18(26)11-17(12-19(22)27)8-7-16-5-3-2-4-6-16/h2-6,11-15H,9-10H2,1H3. The van der Waals surface area contributed by atoms with Crippen molar-refractivity contribution in [2.75, 3.05) is 4.90 Å². The van der Waals surface area contributed by atoms with Gasteiger partial charge in [0.05, 0.1) is 18.2 Å². The van der Waals surface area contributed by atoms with Crippen molar-refractivity contribution in [2.24, 2.45) is 7.05 Å². The van der Waals surface area contributed by atoms with Gasteiger partial charge in [-0.25, -0.2) is 23.6 Å². The number of hydrogen-bond acceptors (Lipinski definition) is 3. The van der Waals surface area contributed by atoms with Crippen molar-refractivity contribution < 1.29 is 13.6 Å². The van der Waals surface area contributed by atoms with Crippen molar-refractivity contribution in [1.29, 1.82) is 0 Å². The van der Waals surface area contributed by atoms with Crippen LogP contribution in [-0.2, 0) is 17.4 Å². The summed E-state index contributed by atoms with van der Waals surface area (Å²) in [5.41, 5.74) is 0.895. The van der Waals surface area contributed by atoms with E-state index in [9.17, 15) is 4.79 Å².